The number of aliphatic hydroxyl groups is 1. The highest BCUT2D eigenvalue weighted by Crippen LogP contribution is 2.33. The Labute approximate surface area is 136 Å². The fourth-order valence-electron chi connectivity index (χ4n) is 2.67. The van der Waals surface area contributed by atoms with Crippen molar-refractivity contribution in [1.29, 1.82) is 0 Å². The Hall–Kier alpha value is -1.91. The molecule has 3 nitrogen and oxygen atoms in total. The van der Waals surface area contributed by atoms with Crippen LogP contribution in [0.25, 0.3) is 11.1 Å². The first-order valence-corrected chi connectivity index (χ1v) is 7.98. The molecule has 0 spiro atoms. The van der Waals surface area contributed by atoms with E-state index < -0.39 is 0 Å². The van der Waals surface area contributed by atoms with Gasteiger partial charge in [0.25, 0.3) is 0 Å². The molecule has 0 heterocycles. The Morgan fingerprint density at radius 2 is 1.96 bits per heavy atom. The molecule has 23 heavy (non-hydrogen) atoms. The van der Waals surface area contributed by atoms with Crippen LogP contribution in [0.4, 0.5) is 4.39 Å². The van der Waals surface area contributed by atoms with Crippen molar-refractivity contribution in [3.8, 4) is 16.9 Å². The Morgan fingerprint density at radius 3 is 2.61 bits per heavy atom. The van der Waals surface area contributed by atoms with Gasteiger partial charge in [-0.15, -0.1) is 0 Å². The molecular formula is C19H24FNO2. The maximum atomic E-state index is 13.7. The molecule has 2 aromatic carbocycles. The van der Waals surface area contributed by atoms with Gasteiger partial charge in [-0.1, -0.05) is 31.2 Å². The van der Waals surface area contributed by atoms with Gasteiger partial charge in [-0.2, -0.15) is 0 Å². The van der Waals surface area contributed by atoms with Crippen molar-refractivity contribution in [1.82, 2.24) is 5.32 Å². The van der Waals surface area contributed by atoms with Crippen molar-refractivity contribution in [2.75, 3.05) is 13.2 Å². The predicted molar refractivity (Wildman–Crippen MR) is 91.1 cm³/mol. The number of halogens is 1. The number of aliphatic hydroxyl groups excluding tert-OH is 1. The number of hydrogen-bond acceptors (Lipinski definition) is 3. The maximum Gasteiger partial charge on any atom is 0.126 e. The molecule has 3 N–H and O–H groups in total. The van der Waals surface area contributed by atoms with E-state index >= 15 is 0 Å². The minimum Gasteiger partial charge on any atom is -0.507 e. The largest absolute Gasteiger partial charge is 0.507 e. The molecule has 2 aromatic rings. The lowest BCUT2D eigenvalue weighted by Crippen LogP contribution is -2.34. The van der Waals surface area contributed by atoms with Crippen molar-refractivity contribution in [2.45, 2.75) is 32.7 Å². The van der Waals surface area contributed by atoms with Crippen LogP contribution >= 0.6 is 0 Å². The van der Waals surface area contributed by atoms with E-state index in [1.54, 1.807) is 31.2 Å². The second-order valence-corrected chi connectivity index (χ2v) is 5.80. The number of hydrogen-bond donors (Lipinski definition) is 3. The smallest absolute Gasteiger partial charge is 0.126 e. The topological polar surface area (TPSA) is 52.5 Å². The Kier molecular flexibility index (Phi) is 6.13. The van der Waals surface area contributed by atoms with Crippen molar-refractivity contribution in [2.24, 2.45) is 0 Å². The molecule has 0 bridgehead atoms. The number of phenolic OH excluding ortho intramolecular Hbond substituents is 1. The first kappa shape index (κ1) is 17.4. The highest BCUT2D eigenvalue weighted by atomic mass is 19.1. The van der Waals surface area contributed by atoms with Crippen LogP contribution in [-0.2, 0) is 6.42 Å². The number of aromatic hydroxyl groups is 1. The summed E-state index contributed by atoms with van der Waals surface area (Å²) in [5, 5.41) is 23.0. The van der Waals surface area contributed by atoms with Gasteiger partial charge in [-0.05, 0) is 55.1 Å². The molecule has 1 atom stereocenters. The second-order valence-electron chi connectivity index (χ2n) is 5.80. The molecule has 2 rings (SSSR count). The molecular weight excluding hydrogens is 293 g/mol. The van der Waals surface area contributed by atoms with E-state index in [0.29, 0.717) is 23.1 Å². The Morgan fingerprint density at radius 1 is 1.17 bits per heavy atom. The van der Waals surface area contributed by atoms with E-state index in [1.807, 2.05) is 6.07 Å². The van der Waals surface area contributed by atoms with Crippen LogP contribution in [0.5, 0.6) is 5.75 Å². The minimum absolute atomic E-state index is 0.0314. The molecule has 0 aromatic heterocycles. The SMILES string of the molecule is CCCN[C@@H](CO)Cc1ccc(-c2cccc(F)c2C)c(O)c1. The van der Waals surface area contributed by atoms with Gasteiger partial charge in [-0.25, -0.2) is 4.39 Å². The summed E-state index contributed by atoms with van der Waals surface area (Å²) in [5.74, 6) is -0.154. The summed E-state index contributed by atoms with van der Waals surface area (Å²) in [7, 11) is 0. The van der Waals surface area contributed by atoms with Gasteiger partial charge >= 0.3 is 0 Å². The van der Waals surface area contributed by atoms with E-state index in [0.717, 1.165) is 18.5 Å². The summed E-state index contributed by atoms with van der Waals surface area (Å²) in [6.45, 7) is 4.67. The molecule has 0 saturated carbocycles. The normalized spacial score (nSPS) is 12.3. The third kappa shape index (κ3) is 4.30. The van der Waals surface area contributed by atoms with Gasteiger partial charge in [0, 0.05) is 11.6 Å². The van der Waals surface area contributed by atoms with Gasteiger partial charge in [-0.3, -0.25) is 0 Å². The number of rotatable bonds is 7. The van der Waals surface area contributed by atoms with E-state index in [9.17, 15) is 14.6 Å². The van der Waals surface area contributed by atoms with Crippen LogP contribution in [0.15, 0.2) is 36.4 Å². The Bertz CT molecular complexity index is 658. The molecule has 0 aliphatic carbocycles. The van der Waals surface area contributed by atoms with Crippen molar-refractivity contribution < 1.29 is 14.6 Å². The van der Waals surface area contributed by atoms with Gasteiger partial charge in [0.2, 0.25) is 0 Å². The third-order valence-electron chi connectivity index (χ3n) is 4.01. The molecule has 0 radical (unpaired) electrons. The molecule has 0 saturated heterocycles. The lowest BCUT2D eigenvalue weighted by molar-refractivity contribution is 0.242. The van der Waals surface area contributed by atoms with E-state index in [2.05, 4.69) is 12.2 Å². The lowest BCUT2D eigenvalue weighted by Gasteiger charge is -2.17. The van der Waals surface area contributed by atoms with Crippen molar-refractivity contribution >= 4 is 0 Å². The second kappa shape index (κ2) is 8.09. The van der Waals surface area contributed by atoms with E-state index in [1.165, 1.54) is 6.07 Å². The van der Waals surface area contributed by atoms with Crippen molar-refractivity contribution in [3.63, 3.8) is 0 Å². The van der Waals surface area contributed by atoms with Crippen LogP contribution in [-0.4, -0.2) is 29.4 Å². The first-order chi connectivity index (χ1) is 11.1. The summed E-state index contributed by atoms with van der Waals surface area (Å²) in [6, 6.07) is 10.2. The number of benzene rings is 2. The zero-order valence-electron chi connectivity index (χ0n) is 13.6. The van der Waals surface area contributed by atoms with Crippen LogP contribution in [0.3, 0.4) is 0 Å². The van der Waals surface area contributed by atoms with E-state index in [4.69, 9.17) is 0 Å². The fraction of sp³-hybridized carbons (Fsp3) is 0.368. The van der Waals surface area contributed by atoms with Crippen LogP contribution < -0.4 is 5.32 Å². The highest BCUT2D eigenvalue weighted by Gasteiger charge is 2.12. The zero-order chi connectivity index (χ0) is 16.8. The molecule has 0 unspecified atom stereocenters. The number of phenols is 1. The van der Waals surface area contributed by atoms with Crippen LogP contribution in [0.2, 0.25) is 0 Å². The third-order valence-corrected chi connectivity index (χ3v) is 4.01. The minimum atomic E-state index is -0.282. The monoisotopic (exact) mass is 317 g/mol. The van der Waals surface area contributed by atoms with Crippen LogP contribution in [0, 0.1) is 12.7 Å². The molecule has 0 fully saturated rings. The summed E-state index contributed by atoms with van der Waals surface area (Å²) in [6.07, 6.45) is 1.63. The predicted octanol–water partition coefficient (Wildman–Crippen LogP) is 3.41. The molecule has 0 aliphatic rings. The summed E-state index contributed by atoms with van der Waals surface area (Å²) in [5.41, 5.74) is 2.76. The van der Waals surface area contributed by atoms with Gasteiger partial charge in [0.15, 0.2) is 0 Å². The van der Waals surface area contributed by atoms with Gasteiger partial charge < -0.3 is 15.5 Å². The van der Waals surface area contributed by atoms with E-state index in [-0.39, 0.29) is 24.2 Å². The molecule has 0 amide bonds. The average Bonchev–Trinajstić information content (AvgIpc) is 2.54. The summed E-state index contributed by atoms with van der Waals surface area (Å²) >= 11 is 0. The zero-order valence-corrected chi connectivity index (χ0v) is 13.6. The maximum absolute atomic E-state index is 13.7. The van der Waals surface area contributed by atoms with Crippen LogP contribution in [0.1, 0.15) is 24.5 Å². The average molecular weight is 317 g/mol. The standard InChI is InChI=1S/C19H24FNO2/c1-3-9-21-15(12-22)10-14-7-8-17(19(23)11-14)16-5-4-6-18(20)13(16)2/h4-8,11,15,21-23H,3,9-10,12H2,1-2H3/t15-/m1/s1. The molecule has 124 valence electrons. The number of nitrogens with one attached hydrogen (secondary N) is 1. The quantitative estimate of drug-likeness (QED) is 0.733. The summed E-state index contributed by atoms with van der Waals surface area (Å²) in [4.78, 5) is 0. The molecule has 4 heteroatoms. The first-order valence-electron chi connectivity index (χ1n) is 7.98. The Balaban J connectivity index is 2.22. The highest BCUT2D eigenvalue weighted by molar-refractivity contribution is 5.73. The summed E-state index contributed by atoms with van der Waals surface area (Å²) < 4.78 is 13.7. The van der Waals surface area contributed by atoms with Gasteiger partial charge in [0.1, 0.15) is 11.6 Å². The molecule has 0 aliphatic heterocycles. The fourth-order valence-corrected chi connectivity index (χ4v) is 2.67. The lowest BCUT2D eigenvalue weighted by atomic mass is 9.96. The van der Waals surface area contributed by atoms with Gasteiger partial charge in [0.05, 0.1) is 6.61 Å². The van der Waals surface area contributed by atoms with Crippen molar-refractivity contribution in [3.05, 3.63) is 53.3 Å².